The maximum absolute atomic E-state index is 12.3. The van der Waals surface area contributed by atoms with E-state index in [0.29, 0.717) is 9.88 Å². The lowest BCUT2D eigenvalue weighted by Gasteiger charge is -2.16. The highest BCUT2D eigenvalue weighted by molar-refractivity contribution is 7.18. The number of rotatable bonds is 6. The van der Waals surface area contributed by atoms with Crippen LogP contribution in [0.5, 0.6) is 0 Å². The third kappa shape index (κ3) is 5.19. The minimum Gasteiger partial charge on any atom is -0.459 e. The Morgan fingerprint density at radius 3 is 2.35 bits per heavy atom. The molecule has 2 heterocycles. The normalized spacial score (nSPS) is 11.1. The number of thiophene rings is 1. The van der Waals surface area contributed by atoms with Gasteiger partial charge >= 0.3 is 0 Å². The molecule has 8 heteroatoms. The monoisotopic (exact) mass is 377 g/mol. The Balaban J connectivity index is 1.84. The van der Waals surface area contributed by atoms with Gasteiger partial charge in [-0.25, -0.2) is 0 Å². The van der Waals surface area contributed by atoms with E-state index >= 15 is 0 Å². The number of nitrogens with one attached hydrogen (secondary N) is 3. The molecule has 140 valence electrons. The summed E-state index contributed by atoms with van der Waals surface area (Å²) in [5.74, 6) is -0.448. The molecule has 0 bridgehead atoms. The lowest BCUT2D eigenvalue weighted by molar-refractivity contribution is -0.123. The van der Waals surface area contributed by atoms with Gasteiger partial charge < -0.3 is 20.4 Å². The lowest BCUT2D eigenvalue weighted by atomic mass is 9.96. The molecule has 0 fully saturated rings. The minimum absolute atomic E-state index is 0.105. The van der Waals surface area contributed by atoms with Gasteiger partial charge in [0, 0.05) is 18.5 Å². The van der Waals surface area contributed by atoms with Crippen LogP contribution in [0.4, 0.5) is 5.00 Å². The summed E-state index contributed by atoms with van der Waals surface area (Å²) in [5, 5.41) is 8.87. The molecule has 0 radical (unpaired) electrons. The Morgan fingerprint density at radius 1 is 1.12 bits per heavy atom. The van der Waals surface area contributed by atoms with E-state index in [2.05, 4.69) is 16.0 Å². The van der Waals surface area contributed by atoms with Crippen molar-refractivity contribution in [2.24, 2.45) is 5.41 Å². The Kier molecular flexibility index (Phi) is 6.20. The van der Waals surface area contributed by atoms with Crippen molar-refractivity contribution in [3.63, 3.8) is 0 Å². The molecule has 0 spiro atoms. The van der Waals surface area contributed by atoms with Gasteiger partial charge in [0.15, 0.2) is 5.76 Å². The molecular weight excluding hydrogens is 354 g/mol. The molecule has 0 saturated carbocycles. The Labute approximate surface area is 156 Å². The van der Waals surface area contributed by atoms with Crippen molar-refractivity contribution in [1.29, 1.82) is 0 Å². The lowest BCUT2D eigenvalue weighted by Crippen LogP contribution is -2.34. The third-order valence-corrected chi connectivity index (χ3v) is 4.63. The smallest absolute Gasteiger partial charge is 0.287 e. The first-order chi connectivity index (χ1) is 12.2. The fourth-order valence-corrected chi connectivity index (χ4v) is 2.98. The van der Waals surface area contributed by atoms with Crippen LogP contribution in [0.25, 0.3) is 0 Å². The highest BCUT2D eigenvalue weighted by Gasteiger charge is 2.23. The minimum atomic E-state index is -0.507. The second-order valence-electron chi connectivity index (χ2n) is 6.82. The van der Waals surface area contributed by atoms with Gasteiger partial charge in [0.1, 0.15) is 0 Å². The van der Waals surface area contributed by atoms with Crippen LogP contribution >= 0.6 is 11.3 Å². The molecular formula is C18H23N3O4S. The van der Waals surface area contributed by atoms with E-state index in [0.717, 1.165) is 5.56 Å². The largest absolute Gasteiger partial charge is 0.459 e. The van der Waals surface area contributed by atoms with E-state index in [1.54, 1.807) is 18.2 Å². The summed E-state index contributed by atoms with van der Waals surface area (Å²) in [6.45, 7) is 7.86. The van der Waals surface area contributed by atoms with Crippen molar-refractivity contribution >= 4 is 34.1 Å². The first-order valence-corrected chi connectivity index (χ1v) is 9.02. The molecule has 3 amide bonds. The first kappa shape index (κ1) is 19.7. The Hall–Kier alpha value is -2.61. The molecule has 0 aromatic carbocycles. The number of hydrogen-bond donors (Lipinski definition) is 3. The zero-order chi connectivity index (χ0) is 19.3. The number of furan rings is 1. The fraction of sp³-hybridized carbons (Fsp3) is 0.389. The summed E-state index contributed by atoms with van der Waals surface area (Å²) in [7, 11) is 0. The summed E-state index contributed by atoms with van der Waals surface area (Å²) < 4.78 is 4.98. The second-order valence-corrected chi connectivity index (χ2v) is 7.87. The molecule has 7 nitrogen and oxygen atoms in total. The van der Waals surface area contributed by atoms with E-state index < -0.39 is 5.41 Å². The summed E-state index contributed by atoms with van der Waals surface area (Å²) in [5.41, 5.74) is 0.281. The van der Waals surface area contributed by atoms with Crippen molar-refractivity contribution in [2.45, 2.75) is 27.7 Å². The predicted molar refractivity (Wildman–Crippen MR) is 101 cm³/mol. The zero-order valence-electron chi connectivity index (χ0n) is 15.3. The van der Waals surface area contributed by atoms with Crippen LogP contribution in [0.3, 0.4) is 0 Å². The van der Waals surface area contributed by atoms with Gasteiger partial charge in [-0.2, -0.15) is 0 Å². The molecule has 0 aliphatic rings. The van der Waals surface area contributed by atoms with E-state index in [1.807, 2.05) is 27.7 Å². The van der Waals surface area contributed by atoms with Crippen LogP contribution in [-0.4, -0.2) is 30.8 Å². The van der Waals surface area contributed by atoms with Crippen molar-refractivity contribution in [1.82, 2.24) is 10.6 Å². The number of hydrogen-bond acceptors (Lipinski definition) is 5. The quantitative estimate of drug-likeness (QED) is 0.674. The van der Waals surface area contributed by atoms with Crippen molar-refractivity contribution < 1.29 is 18.8 Å². The molecule has 0 saturated heterocycles. The molecule has 0 aliphatic carbocycles. The van der Waals surface area contributed by atoms with Gasteiger partial charge in [0.05, 0.1) is 16.1 Å². The molecule has 26 heavy (non-hydrogen) atoms. The van der Waals surface area contributed by atoms with Gasteiger partial charge in [-0.3, -0.25) is 14.4 Å². The molecule has 0 aliphatic heterocycles. The third-order valence-electron chi connectivity index (χ3n) is 3.48. The number of aryl methyl sites for hydroxylation is 1. The molecule has 2 aromatic heterocycles. The van der Waals surface area contributed by atoms with Gasteiger partial charge in [-0.15, -0.1) is 11.3 Å². The van der Waals surface area contributed by atoms with Gasteiger partial charge in [0.25, 0.3) is 11.8 Å². The zero-order valence-corrected chi connectivity index (χ0v) is 16.1. The summed E-state index contributed by atoms with van der Waals surface area (Å²) in [6.07, 6.45) is 1.42. The SMILES string of the molecule is Cc1cc(NC(=O)C(C)(C)C)sc1C(=O)NCCNC(=O)c1ccco1. The summed E-state index contributed by atoms with van der Waals surface area (Å²) >= 11 is 1.23. The van der Waals surface area contributed by atoms with Crippen LogP contribution in [0.2, 0.25) is 0 Å². The number of anilines is 1. The molecule has 3 N–H and O–H groups in total. The average Bonchev–Trinajstić information content (AvgIpc) is 3.20. The topological polar surface area (TPSA) is 100 Å². The van der Waals surface area contributed by atoms with Crippen molar-refractivity contribution in [2.75, 3.05) is 18.4 Å². The van der Waals surface area contributed by atoms with Crippen molar-refractivity contribution in [3.8, 4) is 0 Å². The molecule has 2 rings (SSSR count). The van der Waals surface area contributed by atoms with Crippen LogP contribution in [0.15, 0.2) is 28.9 Å². The number of amides is 3. The van der Waals surface area contributed by atoms with Crippen molar-refractivity contribution in [3.05, 3.63) is 40.7 Å². The highest BCUT2D eigenvalue weighted by atomic mass is 32.1. The van der Waals surface area contributed by atoms with Gasteiger partial charge in [0.2, 0.25) is 5.91 Å². The van der Waals surface area contributed by atoms with Gasteiger partial charge in [-0.05, 0) is 30.7 Å². The number of carbonyl (C=O) groups is 3. The van der Waals surface area contributed by atoms with Crippen LogP contribution in [0.1, 0.15) is 46.6 Å². The fourth-order valence-electron chi connectivity index (χ4n) is 2.00. The van der Waals surface area contributed by atoms with E-state index in [-0.39, 0.29) is 36.6 Å². The molecule has 0 unspecified atom stereocenters. The van der Waals surface area contributed by atoms with E-state index in [1.165, 1.54) is 17.6 Å². The van der Waals surface area contributed by atoms with E-state index in [9.17, 15) is 14.4 Å². The second kappa shape index (κ2) is 8.18. The first-order valence-electron chi connectivity index (χ1n) is 8.20. The molecule has 0 atom stereocenters. The Morgan fingerprint density at radius 2 is 1.77 bits per heavy atom. The maximum atomic E-state index is 12.3. The highest BCUT2D eigenvalue weighted by Crippen LogP contribution is 2.28. The van der Waals surface area contributed by atoms with Crippen LogP contribution < -0.4 is 16.0 Å². The van der Waals surface area contributed by atoms with Crippen LogP contribution in [0, 0.1) is 12.3 Å². The standard InChI is InChI=1S/C18H23N3O4S/c1-11-10-13(21-17(24)18(2,3)4)26-14(11)16(23)20-8-7-19-15(22)12-6-5-9-25-12/h5-6,9-10H,7-8H2,1-4H3,(H,19,22)(H,20,23)(H,21,24). The van der Waals surface area contributed by atoms with E-state index in [4.69, 9.17) is 4.42 Å². The predicted octanol–water partition coefficient (Wildman–Crippen LogP) is 2.79. The number of carbonyl (C=O) groups excluding carboxylic acids is 3. The Bertz CT molecular complexity index is 788. The maximum Gasteiger partial charge on any atom is 0.287 e. The summed E-state index contributed by atoms with van der Waals surface area (Å²) in [4.78, 5) is 36.6. The summed E-state index contributed by atoms with van der Waals surface area (Å²) in [6, 6.07) is 4.98. The molecule has 2 aromatic rings. The van der Waals surface area contributed by atoms with Crippen LogP contribution in [-0.2, 0) is 4.79 Å². The van der Waals surface area contributed by atoms with Gasteiger partial charge in [-0.1, -0.05) is 20.8 Å². The average molecular weight is 377 g/mol.